The molecule has 4 aromatic rings. The van der Waals surface area contributed by atoms with Gasteiger partial charge in [-0.25, -0.2) is 9.97 Å². The van der Waals surface area contributed by atoms with Crippen molar-refractivity contribution in [1.82, 2.24) is 24.8 Å². The van der Waals surface area contributed by atoms with E-state index in [9.17, 15) is 9.59 Å². The zero-order chi connectivity index (χ0) is 32.3. The number of rotatable bonds is 7. The number of aryl methyl sites for hydroxylation is 1. The lowest BCUT2D eigenvalue weighted by atomic mass is 9.82. The molecule has 2 fully saturated rings. The zero-order valence-electron chi connectivity index (χ0n) is 27.9. The van der Waals surface area contributed by atoms with Gasteiger partial charge < -0.3 is 25.0 Å². The number of nitrogens with one attached hydrogen (secondary N) is 2. The molecular weight excluding hydrogens is 574 g/mol. The summed E-state index contributed by atoms with van der Waals surface area (Å²) >= 11 is 0. The maximum atomic E-state index is 13.9. The largest absolute Gasteiger partial charge is 0.355 e. The van der Waals surface area contributed by atoms with Gasteiger partial charge in [-0.15, -0.1) is 0 Å². The van der Waals surface area contributed by atoms with Crippen LogP contribution in [0.25, 0.3) is 22.3 Å². The van der Waals surface area contributed by atoms with Crippen LogP contribution < -0.4 is 15.5 Å². The molecule has 3 aliphatic rings. The molecule has 2 amide bonds. The predicted octanol–water partition coefficient (Wildman–Crippen LogP) is 6.73. The lowest BCUT2D eigenvalue weighted by Crippen LogP contribution is -2.57. The van der Waals surface area contributed by atoms with E-state index < -0.39 is 5.41 Å². The van der Waals surface area contributed by atoms with Crippen LogP contribution >= 0.6 is 0 Å². The van der Waals surface area contributed by atoms with Crippen LogP contribution in [0.3, 0.4) is 0 Å². The summed E-state index contributed by atoms with van der Waals surface area (Å²) in [6, 6.07) is 15.1. The molecule has 0 radical (unpaired) electrons. The summed E-state index contributed by atoms with van der Waals surface area (Å²) in [5, 5.41) is 6.25. The number of hydrogen-bond donors (Lipinski definition) is 2. The molecule has 1 saturated heterocycles. The predicted molar refractivity (Wildman–Crippen MR) is 184 cm³/mol. The van der Waals surface area contributed by atoms with E-state index in [0.717, 1.165) is 57.6 Å². The number of pyridine rings is 1. The van der Waals surface area contributed by atoms with E-state index >= 15 is 0 Å². The number of carbonyl (C=O) groups excluding carboxylic acids is 2. The van der Waals surface area contributed by atoms with E-state index in [-0.39, 0.29) is 23.9 Å². The summed E-state index contributed by atoms with van der Waals surface area (Å²) in [5.74, 6) is 0.728. The van der Waals surface area contributed by atoms with Gasteiger partial charge in [-0.3, -0.25) is 9.59 Å². The molecule has 7 rings (SSSR count). The Hall–Kier alpha value is -4.24. The van der Waals surface area contributed by atoms with Crippen molar-refractivity contribution in [3.8, 4) is 11.3 Å². The fourth-order valence-electron chi connectivity index (χ4n) is 7.56. The van der Waals surface area contributed by atoms with Crippen molar-refractivity contribution >= 4 is 40.0 Å². The van der Waals surface area contributed by atoms with Crippen LogP contribution in [0.15, 0.2) is 48.8 Å². The van der Waals surface area contributed by atoms with E-state index in [0.29, 0.717) is 17.4 Å². The van der Waals surface area contributed by atoms with Crippen LogP contribution in [0.5, 0.6) is 0 Å². The van der Waals surface area contributed by atoms with E-state index in [4.69, 9.17) is 9.97 Å². The first kappa shape index (κ1) is 30.4. The second kappa shape index (κ2) is 11.5. The highest BCUT2D eigenvalue weighted by Crippen LogP contribution is 2.48. The van der Waals surface area contributed by atoms with Gasteiger partial charge in [-0.05, 0) is 109 Å². The molecule has 2 aromatic carbocycles. The Kier molecular flexibility index (Phi) is 7.62. The van der Waals surface area contributed by atoms with Gasteiger partial charge in [0.05, 0.1) is 23.0 Å². The number of carbonyl (C=O) groups is 2. The minimum Gasteiger partial charge on any atom is -0.355 e. The summed E-state index contributed by atoms with van der Waals surface area (Å²) < 4.78 is 2.11. The quantitative estimate of drug-likeness (QED) is 0.238. The van der Waals surface area contributed by atoms with Crippen LogP contribution in [0.2, 0.25) is 0 Å². The van der Waals surface area contributed by atoms with Crippen molar-refractivity contribution in [1.29, 1.82) is 0 Å². The summed E-state index contributed by atoms with van der Waals surface area (Å²) in [7, 11) is 1.64. The number of likely N-dealkylation sites (tertiary alicyclic amines) is 1. The summed E-state index contributed by atoms with van der Waals surface area (Å²) in [6.07, 6.45) is 7.82. The fraction of sp³-hybridized carbons (Fsp3) is 0.459. The molecule has 0 atom stereocenters. The topological polar surface area (TPSA) is 95.4 Å². The van der Waals surface area contributed by atoms with E-state index in [1.807, 2.05) is 51.4 Å². The Balaban J connectivity index is 1.26. The number of hydrogen-bond acceptors (Lipinski definition) is 6. The maximum absolute atomic E-state index is 13.9. The molecule has 4 heterocycles. The average Bonchev–Trinajstić information content (AvgIpc) is 3.55. The van der Waals surface area contributed by atoms with Gasteiger partial charge in [0, 0.05) is 47.7 Å². The SMILES string of the molecule is CNC(=O)c1cc(Nc2nc(-c3ccc4c(c3)N(C3CC(N5CCCCC5)C3)C(=O)C4(C)C)cc3ncn(C(C)C)c23)ccc1C. The third-order valence-electron chi connectivity index (χ3n) is 10.4. The molecule has 240 valence electrons. The Bertz CT molecular complexity index is 1830. The molecule has 2 N–H and O–H groups in total. The van der Waals surface area contributed by atoms with E-state index in [1.165, 1.54) is 32.4 Å². The van der Waals surface area contributed by atoms with E-state index in [1.54, 1.807) is 7.05 Å². The smallest absolute Gasteiger partial charge is 0.251 e. The number of anilines is 3. The second-order valence-electron chi connectivity index (χ2n) is 14.1. The summed E-state index contributed by atoms with van der Waals surface area (Å²) in [5.41, 5.74) is 7.25. The van der Waals surface area contributed by atoms with Gasteiger partial charge in [0.15, 0.2) is 5.82 Å². The first-order valence-corrected chi connectivity index (χ1v) is 16.8. The number of imidazole rings is 1. The van der Waals surface area contributed by atoms with Crippen LogP contribution in [0.1, 0.15) is 87.3 Å². The second-order valence-corrected chi connectivity index (χ2v) is 14.1. The van der Waals surface area contributed by atoms with Crippen LogP contribution in [-0.2, 0) is 10.2 Å². The number of amides is 2. The first-order chi connectivity index (χ1) is 22.1. The summed E-state index contributed by atoms with van der Waals surface area (Å²) in [6.45, 7) is 12.6. The highest BCUT2D eigenvalue weighted by atomic mass is 16.2. The van der Waals surface area contributed by atoms with Gasteiger partial charge in [-0.1, -0.05) is 24.6 Å². The molecule has 0 unspecified atom stereocenters. The molecule has 0 bridgehead atoms. The molecule has 0 spiro atoms. The van der Waals surface area contributed by atoms with Crippen molar-refractivity contribution in [3.05, 3.63) is 65.5 Å². The molecule has 1 aliphatic carbocycles. The van der Waals surface area contributed by atoms with Gasteiger partial charge in [0.2, 0.25) is 5.91 Å². The van der Waals surface area contributed by atoms with Crippen LogP contribution in [0, 0.1) is 6.92 Å². The van der Waals surface area contributed by atoms with Crippen molar-refractivity contribution in [2.75, 3.05) is 30.4 Å². The van der Waals surface area contributed by atoms with Crippen molar-refractivity contribution in [3.63, 3.8) is 0 Å². The fourth-order valence-corrected chi connectivity index (χ4v) is 7.56. The lowest BCUT2D eigenvalue weighted by molar-refractivity contribution is -0.123. The highest BCUT2D eigenvalue weighted by Gasteiger charge is 2.50. The standard InChI is InChI=1S/C37H45N7O2/c1-22(2)43-21-39-31-20-30(41-34(33(31)43)40-25-12-10-23(3)28(17-25)35(45)38-6)24-11-13-29-32(16-24)44(36(46)37(29,4)5)27-18-26(19-27)42-14-8-7-9-15-42/h10-13,16-17,20-22,26-27H,7-9,14-15,18-19H2,1-6H3,(H,38,45)(H,40,41). The van der Waals surface area contributed by atoms with Gasteiger partial charge in [-0.2, -0.15) is 0 Å². The zero-order valence-corrected chi connectivity index (χ0v) is 27.9. The minimum atomic E-state index is -0.571. The highest BCUT2D eigenvalue weighted by molar-refractivity contribution is 6.09. The molecule has 46 heavy (non-hydrogen) atoms. The third kappa shape index (κ3) is 5.05. The minimum absolute atomic E-state index is 0.130. The molecule has 2 aliphatic heterocycles. The van der Waals surface area contributed by atoms with Crippen molar-refractivity contribution in [2.45, 2.75) is 90.3 Å². The number of fused-ring (bicyclic) bond motifs is 2. The Morgan fingerprint density at radius 1 is 1.00 bits per heavy atom. The lowest BCUT2D eigenvalue weighted by Gasteiger charge is -2.48. The Morgan fingerprint density at radius 2 is 1.76 bits per heavy atom. The third-order valence-corrected chi connectivity index (χ3v) is 10.4. The normalized spacial score (nSPS) is 21.0. The molecule has 9 nitrogen and oxygen atoms in total. The van der Waals surface area contributed by atoms with Crippen LogP contribution in [-0.4, -0.2) is 63.5 Å². The molecular formula is C37H45N7O2. The van der Waals surface area contributed by atoms with Gasteiger partial charge >= 0.3 is 0 Å². The number of aromatic nitrogens is 3. The van der Waals surface area contributed by atoms with E-state index in [2.05, 4.69) is 57.0 Å². The van der Waals surface area contributed by atoms with Crippen molar-refractivity contribution in [2.24, 2.45) is 0 Å². The number of piperidine rings is 1. The van der Waals surface area contributed by atoms with Crippen LogP contribution in [0.4, 0.5) is 17.2 Å². The molecule has 2 aromatic heterocycles. The number of benzene rings is 2. The average molecular weight is 620 g/mol. The maximum Gasteiger partial charge on any atom is 0.251 e. The Morgan fingerprint density at radius 3 is 2.48 bits per heavy atom. The monoisotopic (exact) mass is 619 g/mol. The summed E-state index contributed by atoms with van der Waals surface area (Å²) in [4.78, 5) is 41.2. The van der Waals surface area contributed by atoms with Crippen molar-refractivity contribution < 1.29 is 9.59 Å². The van der Waals surface area contributed by atoms with Gasteiger partial charge in [0.25, 0.3) is 5.91 Å². The molecule has 1 saturated carbocycles. The first-order valence-electron chi connectivity index (χ1n) is 16.8. The molecule has 9 heteroatoms. The number of nitrogens with zero attached hydrogens (tertiary/aromatic N) is 5. The van der Waals surface area contributed by atoms with Gasteiger partial charge in [0.1, 0.15) is 5.52 Å². The Labute approximate surface area is 271 Å².